The van der Waals surface area contributed by atoms with Crippen LogP contribution in [0.3, 0.4) is 0 Å². The molecule has 0 aliphatic carbocycles. The third-order valence-corrected chi connectivity index (χ3v) is 3.12. The molecule has 1 aliphatic heterocycles. The summed E-state index contributed by atoms with van der Waals surface area (Å²) in [5.41, 5.74) is 1.23. The first-order valence-corrected chi connectivity index (χ1v) is 6.07. The Morgan fingerprint density at radius 2 is 1.82 bits per heavy atom. The molecule has 0 spiro atoms. The van der Waals surface area contributed by atoms with E-state index in [4.69, 9.17) is 0 Å². The second-order valence-corrected chi connectivity index (χ2v) is 5.72. The molecular weight excluding hydrogens is 212 g/mol. The van der Waals surface area contributed by atoms with Crippen molar-refractivity contribution in [2.75, 3.05) is 0 Å². The number of rotatable bonds is 2. The van der Waals surface area contributed by atoms with E-state index in [0.717, 1.165) is 6.42 Å². The van der Waals surface area contributed by atoms with Crippen molar-refractivity contribution in [3.8, 4) is 0 Å². The van der Waals surface area contributed by atoms with Crippen LogP contribution in [0.1, 0.15) is 26.3 Å². The van der Waals surface area contributed by atoms with E-state index >= 15 is 0 Å². The van der Waals surface area contributed by atoms with Gasteiger partial charge in [-0.1, -0.05) is 51.1 Å². The van der Waals surface area contributed by atoms with Crippen LogP contribution in [0.5, 0.6) is 0 Å². The predicted molar refractivity (Wildman–Crippen MR) is 68.5 cm³/mol. The number of nitrogens with one attached hydrogen (secondary N) is 2. The summed E-state index contributed by atoms with van der Waals surface area (Å²) in [6, 6.07) is 10.00. The van der Waals surface area contributed by atoms with E-state index in [2.05, 4.69) is 43.5 Å². The molecule has 17 heavy (non-hydrogen) atoms. The molecule has 1 saturated heterocycles. The average Bonchev–Trinajstić information content (AvgIpc) is 2.62. The normalized spacial score (nSPS) is 24.8. The van der Waals surface area contributed by atoms with Crippen LogP contribution in [0.4, 0.5) is 0 Å². The van der Waals surface area contributed by atoms with Crippen molar-refractivity contribution in [3.63, 3.8) is 0 Å². The maximum Gasteiger partial charge on any atom is 0.238 e. The fourth-order valence-corrected chi connectivity index (χ4v) is 2.03. The van der Waals surface area contributed by atoms with Gasteiger partial charge in [0.1, 0.15) is 0 Å². The van der Waals surface area contributed by atoms with Crippen LogP contribution in [0.2, 0.25) is 0 Å². The highest BCUT2D eigenvalue weighted by molar-refractivity contribution is 5.84. The van der Waals surface area contributed by atoms with Crippen molar-refractivity contribution in [1.82, 2.24) is 10.6 Å². The molecule has 3 nitrogen and oxygen atoms in total. The van der Waals surface area contributed by atoms with E-state index in [-0.39, 0.29) is 23.5 Å². The lowest BCUT2D eigenvalue weighted by molar-refractivity contribution is -0.120. The zero-order valence-corrected chi connectivity index (χ0v) is 10.7. The number of carbonyl (C=O) groups excluding carboxylic acids is 1. The van der Waals surface area contributed by atoms with Gasteiger partial charge in [0.2, 0.25) is 5.91 Å². The van der Waals surface area contributed by atoms with E-state index in [1.54, 1.807) is 0 Å². The average molecular weight is 232 g/mol. The van der Waals surface area contributed by atoms with Gasteiger partial charge >= 0.3 is 0 Å². The molecule has 2 atom stereocenters. The number of carbonyl (C=O) groups is 1. The number of hydrogen-bond donors (Lipinski definition) is 2. The zero-order valence-electron chi connectivity index (χ0n) is 10.7. The third kappa shape index (κ3) is 2.86. The first-order valence-electron chi connectivity index (χ1n) is 6.07. The first kappa shape index (κ1) is 12.1. The van der Waals surface area contributed by atoms with E-state index in [0.29, 0.717) is 0 Å². The van der Waals surface area contributed by atoms with Crippen molar-refractivity contribution in [1.29, 1.82) is 0 Å². The van der Waals surface area contributed by atoms with Gasteiger partial charge in [-0.15, -0.1) is 0 Å². The number of hydrogen-bond acceptors (Lipinski definition) is 2. The Hall–Kier alpha value is -1.35. The summed E-state index contributed by atoms with van der Waals surface area (Å²) in [6.07, 6.45) is 0.808. The van der Waals surface area contributed by atoms with Gasteiger partial charge in [-0.2, -0.15) is 0 Å². The van der Waals surface area contributed by atoms with E-state index in [1.165, 1.54) is 5.56 Å². The minimum atomic E-state index is -0.110. The van der Waals surface area contributed by atoms with E-state index < -0.39 is 0 Å². The Morgan fingerprint density at radius 1 is 1.18 bits per heavy atom. The molecule has 0 aromatic heterocycles. The molecule has 2 rings (SSSR count). The molecule has 0 saturated carbocycles. The van der Waals surface area contributed by atoms with E-state index in [9.17, 15) is 4.79 Å². The van der Waals surface area contributed by atoms with Crippen LogP contribution in [-0.4, -0.2) is 18.1 Å². The highest BCUT2D eigenvalue weighted by atomic mass is 16.2. The monoisotopic (exact) mass is 232 g/mol. The van der Waals surface area contributed by atoms with Gasteiger partial charge in [0.25, 0.3) is 0 Å². The highest BCUT2D eigenvalue weighted by Gasteiger charge is 2.37. The molecular formula is C14H20N2O. The number of amides is 1. The minimum absolute atomic E-state index is 0.0428. The summed E-state index contributed by atoms with van der Waals surface area (Å²) in [5, 5.41) is 6.38. The van der Waals surface area contributed by atoms with Crippen LogP contribution in [0, 0.1) is 5.41 Å². The lowest BCUT2D eigenvalue weighted by Gasteiger charge is -2.26. The summed E-state index contributed by atoms with van der Waals surface area (Å²) < 4.78 is 0. The lowest BCUT2D eigenvalue weighted by Crippen LogP contribution is -2.44. The quantitative estimate of drug-likeness (QED) is 0.814. The Bertz CT molecular complexity index is 394. The van der Waals surface area contributed by atoms with Crippen LogP contribution in [-0.2, 0) is 11.2 Å². The Labute approximate surface area is 103 Å². The van der Waals surface area contributed by atoms with Gasteiger partial charge in [0, 0.05) is 0 Å². The van der Waals surface area contributed by atoms with E-state index in [1.807, 2.05) is 18.2 Å². The molecule has 92 valence electrons. The van der Waals surface area contributed by atoms with Crippen LogP contribution < -0.4 is 10.6 Å². The maximum atomic E-state index is 11.9. The summed E-state index contributed by atoms with van der Waals surface area (Å²) in [4.78, 5) is 11.9. The molecule has 0 radical (unpaired) electrons. The second-order valence-electron chi connectivity index (χ2n) is 5.72. The first-order chi connectivity index (χ1) is 7.97. The zero-order chi connectivity index (χ0) is 12.5. The standard InChI is InChI=1S/C14H20N2O/c1-14(2,3)13-15-11(12(17)16-13)9-10-7-5-4-6-8-10/h4-8,11,13,15H,9H2,1-3H3,(H,16,17). The number of benzene rings is 1. The molecule has 1 amide bonds. The van der Waals surface area contributed by atoms with Gasteiger partial charge in [-0.05, 0) is 17.4 Å². The SMILES string of the molecule is CC(C)(C)C1NC(=O)C(Cc2ccccc2)N1. The highest BCUT2D eigenvalue weighted by Crippen LogP contribution is 2.21. The molecule has 1 aromatic carbocycles. The Morgan fingerprint density at radius 3 is 2.35 bits per heavy atom. The second kappa shape index (κ2) is 4.49. The predicted octanol–water partition coefficient (Wildman–Crippen LogP) is 1.69. The summed E-state index contributed by atoms with van der Waals surface area (Å²) in [6.45, 7) is 6.36. The van der Waals surface area contributed by atoms with Crippen LogP contribution >= 0.6 is 0 Å². The molecule has 1 aromatic rings. The topological polar surface area (TPSA) is 41.1 Å². The third-order valence-electron chi connectivity index (χ3n) is 3.12. The lowest BCUT2D eigenvalue weighted by atomic mass is 9.93. The Balaban J connectivity index is 2.02. The van der Waals surface area contributed by atoms with Crippen LogP contribution in [0.25, 0.3) is 0 Å². The van der Waals surface area contributed by atoms with Gasteiger partial charge < -0.3 is 5.32 Å². The maximum absolute atomic E-state index is 11.9. The largest absolute Gasteiger partial charge is 0.339 e. The van der Waals surface area contributed by atoms with Crippen molar-refractivity contribution >= 4 is 5.91 Å². The van der Waals surface area contributed by atoms with Gasteiger partial charge in [-0.3, -0.25) is 10.1 Å². The smallest absolute Gasteiger partial charge is 0.238 e. The molecule has 1 fully saturated rings. The summed E-state index contributed by atoms with van der Waals surface area (Å²) in [7, 11) is 0. The van der Waals surface area contributed by atoms with Crippen molar-refractivity contribution in [2.24, 2.45) is 5.41 Å². The molecule has 0 bridgehead atoms. The fourth-order valence-electron chi connectivity index (χ4n) is 2.03. The van der Waals surface area contributed by atoms with Gasteiger partial charge in [0.05, 0.1) is 12.2 Å². The molecule has 2 unspecified atom stereocenters. The van der Waals surface area contributed by atoms with Crippen molar-refractivity contribution in [3.05, 3.63) is 35.9 Å². The van der Waals surface area contributed by atoms with Crippen molar-refractivity contribution in [2.45, 2.75) is 39.4 Å². The molecule has 2 N–H and O–H groups in total. The van der Waals surface area contributed by atoms with Crippen LogP contribution in [0.15, 0.2) is 30.3 Å². The van der Waals surface area contributed by atoms with Crippen molar-refractivity contribution < 1.29 is 4.79 Å². The molecule has 1 aliphatic rings. The van der Waals surface area contributed by atoms with Gasteiger partial charge in [-0.25, -0.2) is 0 Å². The summed E-state index contributed by atoms with van der Waals surface area (Å²) in [5.74, 6) is 0.105. The van der Waals surface area contributed by atoms with Gasteiger partial charge in [0.15, 0.2) is 0 Å². The fraction of sp³-hybridized carbons (Fsp3) is 0.500. The molecule has 3 heteroatoms. The minimum Gasteiger partial charge on any atom is -0.339 e. The summed E-state index contributed by atoms with van der Waals surface area (Å²) >= 11 is 0. The Kier molecular flexibility index (Phi) is 3.20. The molecule has 1 heterocycles.